The van der Waals surface area contributed by atoms with Gasteiger partial charge in [0.25, 0.3) is 0 Å². The number of nitrogens with two attached hydrogens (primary N) is 1. The molecule has 1 aromatic rings. The van der Waals surface area contributed by atoms with Gasteiger partial charge in [-0.05, 0) is 37.4 Å². The van der Waals surface area contributed by atoms with E-state index >= 15 is 0 Å². The second-order valence-corrected chi connectivity index (χ2v) is 5.71. The molecule has 0 atom stereocenters. The molecule has 2 N–H and O–H groups in total. The van der Waals surface area contributed by atoms with E-state index in [1.165, 1.54) is 0 Å². The third-order valence-electron chi connectivity index (χ3n) is 3.41. The molecule has 0 aromatic heterocycles. The van der Waals surface area contributed by atoms with Gasteiger partial charge in [-0.15, -0.1) is 11.8 Å². The fourth-order valence-corrected chi connectivity index (χ4v) is 2.99. The molecule has 1 fully saturated rings. The van der Waals surface area contributed by atoms with E-state index in [-0.39, 0.29) is 5.91 Å². The SMILES string of the molecule is NCC1CCN(C(=O)CSc2ccccc2)CC1. The van der Waals surface area contributed by atoms with E-state index in [2.05, 4.69) is 0 Å². The van der Waals surface area contributed by atoms with Gasteiger partial charge in [-0.2, -0.15) is 0 Å². The van der Waals surface area contributed by atoms with Crippen LogP contribution in [-0.4, -0.2) is 36.2 Å². The lowest BCUT2D eigenvalue weighted by atomic mass is 9.97. The molecule has 0 aliphatic carbocycles. The second-order valence-electron chi connectivity index (χ2n) is 4.66. The molecule has 0 bridgehead atoms. The van der Waals surface area contributed by atoms with Gasteiger partial charge in [0.1, 0.15) is 0 Å². The number of benzene rings is 1. The van der Waals surface area contributed by atoms with Gasteiger partial charge in [-0.25, -0.2) is 0 Å². The molecule has 4 heteroatoms. The predicted molar refractivity (Wildman–Crippen MR) is 75.5 cm³/mol. The van der Waals surface area contributed by atoms with Gasteiger partial charge in [0, 0.05) is 18.0 Å². The van der Waals surface area contributed by atoms with Gasteiger partial charge >= 0.3 is 0 Å². The standard InChI is InChI=1S/C14H20N2OS/c15-10-12-6-8-16(9-7-12)14(17)11-18-13-4-2-1-3-5-13/h1-5,12H,6-11,15H2. The first kappa shape index (κ1) is 13.4. The maximum Gasteiger partial charge on any atom is 0.232 e. The molecule has 3 nitrogen and oxygen atoms in total. The van der Waals surface area contributed by atoms with Crippen LogP contribution in [0.1, 0.15) is 12.8 Å². The highest BCUT2D eigenvalue weighted by Gasteiger charge is 2.21. The van der Waals surface area contributed by atoms with Crippen LogP contribution < -0.4 is 5.73 Å². The summed E-state index contributed by atoms with van der Waals surface area (Å²) >= 11 is 1.61. The topological polar surface area (TPSA) is 46.3 Å². The lowest BCUT2D eigenvalue weighted by Gasteiger charge is -2.31. The summed E-state index contributed by atoms with van der Waals surface area (Å²) in [7, 11) is 0. The van der Waals surface area contributed by atoms with Crippen LogP contribution in [0.3, 0.4) is 0 Å². The van der Waals surface area contributed by atoms with E-state index in [0.717, 1.165) is 37.4 Å². The molecule has 1 saturated heterocycles. The van der Waals surface area contributed by atoms with Gasteiger partial charge < -0.3 is 10.6 Å². The predicted octanol–water partition coefficient (Wildman–Crippen LogP) is 1.98. The number of likely N-dealkylation sites (tertiary alicyclic amines) is 1. The molecule has 0 saturated carbocycles. The molecule has 1 amide bonds. The number of nitrogens with zero attached hydrogens (tertiary/aromatic N) is 1. The van der Waals surface area contributed by atoms with E-state index in [4.69, 9.17) is 5.73 Å². The van der Waals surface area contributed by atoms with Crippen LogP contribution in [0.5, 0.6) is 0 Å². The molecule has 0 unspecified atom stereocenters. The smallest absolute Gasteiger partial charge is 0.232 e. The van der Waals surface area contributed by atoms with E-state index < -0.39 is 0 Å². The highest BCUT2D eigenvalue weighted by Crippen LogP contribution is 2.20. The average molecular weight is 264 g/mol. The van der Waals surface area contributed by atoms with Crippen LogP contribution in [0, 0.1) is 5.92 Å². The van der Waals surface area contributed by atoms with Crippen molar-refractivity contribution in [2.75, 3.05) is 25.4 Å². The van der Waals surface area contributed by atoms with Crippen LogP contribution in [0.25, 0.3) is 0 Å². The van der Waals surface area contributed by atoms with E-state index in [1.54, 1.807) is 11.8 Å². The van der Waals surface area contributed by atoms with Crippen molar-refractivity contribution in [1.29, 1.82) is 0 Å². The second kappa shape index (κ2) is 6.81. The fraction of sp³-hybridized carbons (Fsp3) is 0.500. The number of hydrogen-bond acceptors (Lipinski definition) is 3. The number of carbonyl (C=O) groups excluding carboxylic acids is 1. The fourth-order valence-electron chi connectivity index (χ4n) is 2.17. The molecule has 0 spiro atoms. The number of carbonyl (C=O) groups is 1. The van der Waals surface area contributed by atoms with Gasteiger partial charge in [0.05, 0.1) is 5.75 Å². The summed E-state index contributed by atoms with van der Waals surface area (Å²) in [4.78, 5) is 15.2. The first-order valence-corrected chi connectivity index (χ1v) is 7.44. The Morgan fingerprint density at radius 1 is 1.28 bits per heavy atom. The van der Waals surface area contributed by atoms with Crippen molar-refractivity contribution in [1.82, 2.24) is 4.90 Å². The van der Waals surface area contributed by atoms with Crippen molar-refractivity contribution >= 4 is 17.7 Å². The van der Waals surface area contributed by atoms with Gasteiger partial charge in [-0.3, -0.25) is 4.79 Å². The number of thioether (sulfide) groups is 1. The summed E-state index contributed by atoms with van der Waals surface area (Å²) in [6.07, 6.45) is 2.11. The summed E-state index contributed by atoms with van der Waals surface area (Å²) in [6, 6.07) is 10.1. The molecule has 1 aliphatic rings. The minimum atomic E-state index is 0.249. The van der Waals surface area contributed by atoms with Crippen LogP contribution in [0.2, 0.25) is 0 Å². The highest BCUT2D eigenvalue weighted by molar-refractivity contribution is 8.00. The van der Waals surface area contributed by atoms with E-state index in [1.807, 2.05) is 35.2 Å². The van der Waals surface area contributed by atoms with Crippen molar-refractivity contribution in [3.8, 4) is 0 Å². The van der Waals surface area contributed by atoms with Crippen LogP contribution in [0.15, 0.2) is 35.2 Å². The summed E-state index contributed by atoms with van der Waals surface area (Å²) in [5, 5.41) is 0. The minimum Gasteiger partial charge on any atom is -0.342 e. The Balaban J connectivity index is 1.75. The maximum absolute atomic E-state index is 12.0. The molecule has 1 heterocycles. The molecular formula is C14H20N2OS. The van der Waals surface area contributed by atoms with Crippen molar-refractivity contribution in [3.05, 3.63) is 30.3 Å². The Kier molecular flexibility index (Phi) is 5.08. The third kappa shape index (κ3) is 3.75. The monoisotopic (exact) mass is 264 g/mol. The van der Waals surface area contributed by atoms with Crippen LogP contribution in [0.4, 0.5) is 0 Å². The van der Waals surface area contributed by atoms with Gasteiger partial charge in [0.15, 0.2) is 0 Å². The van der Waals surface area contributed by atoms with Crippen molar-refractivity contribution in [2.24, 2.45) is 11.7 Å². The Bertz CT molecular complexity index is 375. The third-order valence-corrected chi connectivity index (χ3v) is 4.40. The molecule has 98 valence electrons. The van der Waals surface area contributed by atoms with Crippen LogP contribution >= 0.6 is 11.8 Å². The highest BCUT2D eigenvalue weighted by atomic mass is 32.2. The van der Waals surface area contributed by atoms with Crippen molar-refractivity contribution in [3.63, 3.8) is 0 Å². The zero-order valence-electron chi connectivity index (χ0n) is 10.5. The summed E-state index contributed by atoms with van der Waals surface area (Å²) in [5.41, 5.74) is 5.65. The van der Waals surface area contributed by atoms with E-state index in [0.29, 0.717) is 11.7 Å². The lowest BCUT2D eigenvalue weighted by molar-refractivity contribution is -0.129. The molecule has 1 aromatic carbocycles. The summed E-state index contributed by atoms with van der Waals surface area (Å²) < 4.78 is 0. The maximum atomic E-state index is 12.0. The van der Waals surface area contributed by atoms with Gasteiger partial charge in [-0.1, -0.05) is 18.2 Å². The molecule has 18 heavy (non-hydrogen) atoms. The Morgan fingerprint density at radius 2 is 1.94 bits per heavy atom. The number of hydrogen-bond donors (Lipinski definition) is 1. The minimum absolute atomic E-state index is 0.249. The first-order valence-electron chi connectivity index (χ1n) is 6.45. The summed E-state index contributed by atoms with van der Waals surface area (Å²) in [5.74, 6) is 1.40. The van der Waals surface area contributed by atoms with E-state index in [9.17, 15) is 4.79 Å². The average Bonchev–Trinajstić information content (AvgIpc) is 2.46. The van der Waals surface area contributed by atoms with Crippen LogP contribution in [-0.2, 0) is 4.79 Å². The molecule has 2 rings (SSSR count). The summed E-state index contributed by atoms with van der Waals surface area (Å²) in [6.45, 7) is 2.49. The van der Waals surface area contributed by atoms with Crippen molar-refractivity contribution < 1.29 is 4.79 Å². The largest absolute Gasteiger partial charge is 0.342 e. The van der Waals surface area contributed by atoms with Crippen molar-refractivity contribution in [2.45, 2.75) is 17.7 Å². The number of rotatable bonds is 4. The zero-order chi connectivity index (χ0) is 12.8. The Labute approximate surface area is 113 Å². The zero-order valence-corrected chi connectivity index (χ0v) is 11.4. The Morgan fingerprint density at radius 3 is 2.56 bits per heavy atom. The Hall–Kier alpha value is -1.00. The first-order chi connectivity index (χ1) is 8.79. The number of amides is 1. The molecule has 0 radical (unpaired) electrons. The normalized spacial score (nSPS) is 16.8. The van der Waals surface area contributed by atoms with Gasteiger partial charge in [0.2, 0.25) is 5.91 Å². The lowest BCUT2D eigenvalue weighted by Crippen LogP contribution is -2.40. The number of piperidine rings is 1. The molecular weight excluding hydrogens is 244 g/mol. The quantitative estimate of drug-likeness (QED) is 0.846. The molecule has 1 aliphatic heterocycles.